The summed E-state index contributed by atoms with van der Waals surface area (Å²) < 4.78 is 0. The lowest BCUT2D eigenvalue weighted by Crippen LogP contribution is -2.27. The quantitative estimate of drug-likeness (QED) is 0.692. The number of carbonyl (C=O) groups is 2. The van der Waals surface area contributed by atoms with Crippen LogP contribution in [0.2, 0.25) is 0 Å². The first-order valence-electron chi connectivity index (χ1n) is 6.22. The van der Waals surface area contributed by atoms with Crippen LogP contribution in [-0.4, -0.2) is 11.7 Å². The van der Waals surface area contributed by atoms with Gasteiger partial charge >= 0.3 is 0 Å². The van der Waals surface area contributed by atoms with Gasteiger partial charge in [-0.1, -0.05) is 27.2 Å². The van der Waals surface area contributed by atoms with Crippen molar-refractivity contribution >= 4 is 11.7 Å². The van der Waals surface area contributed by atoms with Gasteiger partial charge in [0, 0.05) is 11.8 Å². The smallest absolute Gasteiger partial charge is 0.220 e. The van der Waals surface area contributed by atoms with Crippen LogP contribution in [-0.2, 0) is 9.59 Å². The predicted octanol–water partition coefficient (Wildman–Crippen LogP) is 2.53. The largest absolute Gasteiger partial charge is 0.369 e. The van der Waals surface area contributed by atoms with Crippen molar-refractivity contribution in [2.24, 2.45) is 23.5 Å². The summed E-state index contributed by atoms with van der Waals surface area (Å²) in [6.07, 6.45) is 3.28. The lowest BCUT2D eigenvalue weighted by atomic mass is 9.83. The van der Waals surface area contributed by atoms with Crippen molar-refractivity contribution < 1.29 is 9.59 Å². The maximum absolute atomic E-state index is 11.5. The van der Waals surface area contributed by atoms with Crippen LogP contribution in [0.1, 0.15) is 53.4 Å². The van der Waals surface area contributed by atoms with Crippen LogP contribution in [0.25, 0.3) is 0 Å². The molecule has 0 rings (SSSR count). The Morgan fingerprint density at radius 3 is 1.94 bits per heavy atom. The molecule has 0 radical (unpaired) electrons. The van der Waals surface area contributed by atoms with Crippen LogP contribution in [0, 0.1) is 17.8 Å². The van der Waals surface area contributed by atoms with Gasteiger partial charge in [0.25, 0.3) is 0 Å². The van der Waals surface area contributed by atoms with E-state index in [4.69, 9.17) is 5.73 Å². The van der Waals surface area contributed by atoms with E-state index in [9.17, 15) is 9.59 Å². The van der Waals surface area contributed by atoms with E-state index < -0.39 is 0 Å². The van der Waals surface area contributed by atoms with Gasteiger partial charge in [0.15, 0.2) is 0 Å². The average molecular weight is 227 g/mol. The molecule has 1 amide bonds. The minimum atomic E-state index is -0.280. The lowest BCUT2D eigenvalue weighted by Gasteiger charge is -2.21. The summed E-state index contributed by atoms with van der Waals surface area (Å²) in [6, 6.07) is 0. The highest BCUT2D eigenvalue weighted by Gasteiger charge is 2.23. The summed E-state index contributed by atoms with van der Waals surface area (Å²) in [6.45, 7) is 7.81. The molecule has 3 atom stereocenters. The van der Waals surface area contributed by atoms with Crippen molar-refractivity contribution in [2.75, 3.05) is 0 Å². The lowest BCUT2D eigenvalue weighted by molar-refractivity contribution is -0.125. The molecule has 3 nitrogen and oxygen atoms in total. The Morgan fingerprint density at radius 1 is 1.06 bits per heavy atom. The molecule has 3 unspecified atom stereocenters. The molecule has 0 aromatic rings. The highest BCUT2D eigenvalue weighted by Crippen LogP contribution is 2.24. The van der Waals surface area contributed by atoms with Crippen LogP contribution in [0.4, 0.5) is 0 Å². The average Bonchev–Trinajstić information content (AvgIpc) is 2.22. The Labute approximate surface area is 98.8 Å². The molecule has 2 N–H and O–H groups in total. The first-order valence-corrected chi connectivity index (χ1v) is 6.22. The second kappa shape index (κ2) is 7.42. The van der Waals surface area contributed by atoms with Gasteiger partial charge in [-0.2, -0.15) is 0 Å². The van der Waals surface area contributed by atoms with Gasteiger partial charge in [-0.05, 0) is 32.1 Å². The fraction of sp³-hybridized carbons (Fsp3) is 0.846. The minimum absolute atomic E-state index is 0.00704. The first-order chi connectivity index (χ1) is 7.42. The van der Waals surface area contributed by atoms with Crippen molar-refractivity contribution in [1.29, 1.82) is 0 Å². The van der Waals surface area contributed by atoms with E-state index in [1.165, 1.54) is 0 Å². The molecule has 3 heteroatoms. The molecule has 94 valence electrons. The summed E-state index contributed by atoms with van der Waals surface area (Å²) in [5.74, 6) is 0.266. The Kier molecular flexibility index (Phi) is 7.02. The number of amides is 1. The molecule has 0 bridgehead atoms. The van der Waals surface area contributed by atoms with E-state index in [2.05, 4.69) is 13.8 Å². The molecular formula is C13H25NO2. The molecular weight excluding hydrogens is 202 g/mol. The third-order valence-electron chi connectivity index (χ3n) is 3.42. The van der Waals surface area contributed by atoms with Crippen molar-refractivity contribution in [1.82, 2.24) is 0 Å². The topological polar surface area (TPSA) is 60.2 Å². The summed E-state index contributed by atoms with van der Waals surface area (Å²) >= 11 is 0. The van der Waals surface area contributed by atoms with Crippen LogP contribution >= 0.6 is 0 Å². The Bertz CT molecular complexity index is 238. The normalized spacial score (nSPS) is 16.5. The summed E-state index contributed by atoms with van der Waals surface area (Å²) in [4.78, 5) is 22.7. The highest BCUT2D eigenvalue weighted by molar-refractivity contribution is 5.80. The monoisotopic (exact) mass is 227 g/mol. The second-order valence-corrected chi connectivity index (χ2v) is 4.80. The highest BCUT2D eigenvalue weighted by atomic mass is 16.1. The van der Waals surface area contributed by atoms with Crippen molar-refractivity contribution in [3.8, 4) is 0 Å². The van der Waals surface area contributed by atoms with Crippen LogP contribution in [0.5, 0.6) is 0 Å². The van der Waals surface area contributed by atoms with E-state index in [0.29, 0.717) is 12.3 Å². The number of Topliss-reactive ketones (excluding diaryl/α,β-unsaturated/α-hetero) is 1. The fourth-order valence-corrected chi connectivity index (χ4v) is 1.91. The molecule has 0 heterocycles. The van der Waals surface area contributed by atoms with E-state index >= 15 is 0 Å². The summed E-state index contributed by atoms with van der Waals surface area (Å²) in [5.41, 5.74) is 5.31. The van der Waals surface area contributed by atoms with Crippen LogP contribution < -0.4 is 5.73 Å². The van der Waals surface area contributed by atoms with Crippen molar-refractivity contribution in [3.63, 3.8) is 0 Å². The van der Waals surface area contributed by atoms with E-state index in [1.807, 2.05) is 6.92 Å². The molecule has 0 saturated carbocycles. The summed E-state index contributed by atoms with van der Waals surface area (Å²) in [7, 11) is 0. The van der Waals surface area contributed by atoms with E-state index in [1.54, 1.807) is 6.92 Å². The minimum Gasteiger partial charge on any atom is -0.369 e. The third kappa shape index (κ3) is 5.29. The molecule has 0 saturated heterocycles. The maximum atomic E-state index is 11.5. The zero-order chi connectivity index (χ0) is 12.7. The maximum Gasteiger partial charge on any atom is 0.220 e. The number of hydrogen-bond donors (Lipinski definition) is 1. The Morgan fingerprint density at radius 2 is 1.62 bits per heavy atom. The zero-order valence-electron chi connectivity index (χ0n) is 11.0. The van der Waals surface area contributed by atoms with Gasteiger partial charge in [0.1, 0.15) is 5.78 Å². The van der Waals surface area contributed by atoms with Gasteiger partial charge in [0.2, 0.25) is 5.91 Å². The molecule has 16 heavy (non-hydrogen) atoms. The number of hydrogen-bond acceptors (Lipinski definition) is 2. The molecule has 0 spiro atoms. The Balaban J connectivity index is 4.43. The molecule has 0 aliphatic heterocycles. The first kappa shape index (κ1) is 15.1. The molecule has 0 aliphatic carbocycles. The number of nitrogens with two attached hydrogens (primary N) is 1. The van der Waals surface area contributed by atoms with Crippen LogP contribution in [0.3, 0.4) is 0 Å². The SMILES string of the molecule is CCC(C)CC(CC(CC)C(N)=O)C(C)=O. The summed E-state index contributed by atoms with van der Waals surface area (Å²) in [5, 5.41) is 0. The van der Waals surface area contributed by atoms with Crippen molar-refractivity contribution in [2.45, 2.75) is 53.4 Å². The van der Waals surface area contributed by atoms with Gasteiger partial charge in [0.05, 0.1) is 0 Å². The van der Waals surface area contributed by atoms with Crippen molar-refractivity contribution in [3.05, 3.63) is 0 Å². The molecule has 0 aliphatic rings. The number of primary amides is 1. The number of ketones is 1. The van der Waals surface area contributed by atoms with Gasteiger partial charge in [-0.3, -0.25) is 9.59 Å². The van der Waals surface area contributed by atoms with Crippen LogP contribution in [0.15, 0.2) is 0 Å². The third-order valence-corrected chi connectivity index (χ3v) is 3.42. The molecule has 0 aromatic carbocycles. The zero-order valence-corrected chi connectivity index (χ0v) is 11.0. The second-order valence-electron chi connectivity index (χ2n) is 4.80. The molecule has 0 fully saturated rings. The van der Waals surface area contributed by atoms with Gasteiger partial charge in [-0.25, -0.2) is 0 Å². The molecule has 0 aromatic heterocycles. The van der Waals surface area contributed by atoms with Gasteiger partial charge in [-0.15, -0.1) is 0 Å². The predicted molar refractivity (Wildman–Crippen MR) is 65.8 cm³/mol. The van der Waals surface area contributed by atoms with E-state index in [0.717, 1.165) is 19.3 Å². The number of rotatable bonds is 8. The standard InChI is InChI=1S/C13H25NO2/c1-5-9(3)7-12(10(4)15)8-11(6-2)13(14)16/h9,11-12H,5-8H2,1-4H3,(H2,14,16). The fourth-order valence-electron chi connectivity index (χ4n) is 1.91. The Hall–Kier alpha value is -0.860. The number of carbonyl (C=O) groups excluding carboxylic acids is 2. The van der Waals surface area contributed by atoms with E-state index in [-0.39, 0.29) is 23.5 Å². The van der Waals surface area contributed by atoms with Gasteiger partial charge < -0.3 is 5.73 Å².